The number of phenolic OH excluding ortho intramolecular Hbond substituents is 1. The highest BCUT2D eigenvalue weighted by Gasteiger charge is 2.13. The van der Waals surface area contributed by atoms with E-state index in [-0.39, 0.29) is 12.4 Å². The highest BCUT2D eigenvalue weighted by atomic mass is 79.9. The summed E-state index contributed by atoms with van der Waals surface area (Å²) in [5, 5.41) is 14.4. The third-order valence-corrected chi connectivity index (χ3v) is 6.54. The average Bonchev–Trinajstić information content (AvgIpc) is 2.77. The molecule has 0 heterocycles. The number of carbonyl (C=O) groups excluding carboxylic acids is 1. The molecule has 32 heavy (non-hydrogen) atoms. The molecule has 0 spiro atoms. The van der Waals surface area contributed by atoms with Crippen LogP contribution >= 0.6 is 59.4 Å². The van der Waals surface area contributed by atoms with Gasteiger partial charge in [0.05, 0.1) is 22.3 Å². The number of nitrogens with zero attached hydrogens (tertiary/aromatic N) is 1. The van der Waals surface area contributed by atoms with Crippen LogP contribution in [0, 0.1) is 0 Å². The summed E-state index contributed by atoms with van der Waals surface area (Å²) in [5.74, 6) is 0.599. The number of nitrogens with one attached hydrogen (secondary N) is 1. The van der Waals surface area contributed by atoms with Gasteiger partial charge in [0.15, 0.2) is 11.5 Å². The third-order valence-electron chi connectivity index (χ3n) is 4.27. The van der Waals surface area contributed by atoms with Crippen LogP contribution in [0.5, 0.6) is 17.2 Å². The smallest absolute Gasteiger partial charge is 0.271 e. The van der Waals surface area contributed by atoms with E-state index in [1.54, 1.807) is 18.2 Å². The standard InChI is InChI=1S/C22H16Br3ClN2O4/c1-31-19-8-14(10-27-28-22(30)13-6-16(24)21(29)17(25)7-13)15(23)9-20(19)32-11-12-4-2-3-5-18(12)26/h2-10,29H,11H2,1H3,(H,28,30). The molecule has 0 aliphatic rings. The summed E-state index contributed by atoms with van der Waals surface area (Å²) in [7, 11) is 1.54. The molecule has 10 heteroatoms. The maximum Gasteiger partial charge on any atom is 0.271 e. The molecule has 0 aromatic heterocycles. The first-order valence-corrected chi connectivity index (χ1v) is 11.8. The first-order valence-electron chi connectivity index (χ1n) is 9.05. The molecule has 0 saturated heterocycles. The lowest BCUT2D eigenvalue weighted by Crippen LogP contribution is -2.17. The van der Waals surface area contributed by atoms with Gasteiger partial charge in [0.2, 0.25) is 0 Å². The van der Waals surface area contributed by atoms with Crippen LogP contribution in [0.15, 0.2) is 67.1 Å². The largest absolute Gasteiger partial charge is 0.506 e. The molecular formula is C22H16Br3ClN2O4. The minimum absolute atomic E-state index is 0.0120. The second kappa shape index (κ2) is 11.2. The van der Waals surface area contributed by atoms with Crippen molar-refractivity contribution in [1.29, 1.82) is 0 Å². The van der Waals surface area contributed by atoms with Gasteiger partial charge < -0.3 is 14.6 Å². The Bertz CT molecular complexity index is 1160. The fraction of sp³-hybridized carbons (Fsp3) is 0.0909. The van der Waals surface area contributed by atoms with Crippen LogP contribution in [0.25, 0.3) is 0 Å². The maximum absolute atomic E-state index is 12.3. The predicted molar refractivity (Wildman–Crippen MR) is 135 cm³/mol. The summed E-state index contributed by atoms with van der Waals surface area (Å²) in [6, 6.07) is 13.9. The van der Waals surface area contributed by atoms with E-state index >= 15 is 0 Å². The van der Waals surface area contributed by atoms with Crippen LogP contribution in [0.1, 0.15) is 21.5 Å². The van der Waals surface area contributed by atoms with Crippen molar-refractivity contribution in [1.82, 2.24) is 5.43 Å². The zero-order valence-electron chi connectivity index (χ0n) is 16.5. The zero-order valence-corrected chi connectivity index (χ0v) is 22.0. The van der Waals surface area contributed by atoms with Crippen molar-refractivity contribution >= 4 is 71.5 Å². The average molecular weight is 648 g/mol. The first-order chi connectivity index (χ1) is 15.3. The van der Waals surface area contributed by atoms with Crippen LogP contribution in [0.2, 0.25) is 5.02 Å². The van der Waals surface area contributed by atoms with E-state index in [4.69, 9.17) is 21.1 Å². The van der Waals surface area contributed by atoms with Crippen LogP contribution in [-0.4, -0.2) is 24.3 Å². The molecule has 3 aromatic rings. The molecule has 0 radical (unpaired) electrons. The number of halogens is 4. The van der Waals surface area contributed by atoms with Crippen molar-refractivity contribution in [2.24, 2.45) is 5.10 Å². The number of aromatic hydroxyl groups is 1. The molecule has 0 saturated carbocycles. The van der Waals surface area contributed by atoms with E-state index in [9.17, 15) is 9.90 Å². The third kappa shape index (κ3) is 6.04. The summed E-state index contributed by atoms with van der Waals surface area (Å²) < 4.78 is 12.8. The molecule has 2 N–H and O–H groups in total. The van der Waals surface area contributed by atoms with Crippen molar-refractivity contribution in [3.8, 4) is 17.2 Å². The minimum atomic E-state index is -0.439. The second-order valence-corrected chi connectivity index (χ2v) is 9.36. The van der Waals surface area contributed by atoms with Gasteiger partial charge in [-0.25, -0.2) is 5.43 Å². The number of methoxy groups -OCH3 is 1. The Morgan fingerprint density at radius 3 is 2.44 bits per heavy atom. The van der Waals surface area contributed by atoms with Crippen molar-refractivity contribution in [3.63, 3.8) is 0 Å². The molecular weight excluding hydrogens is 631 g/mol. The van der Waals surface area contributed by atoms with Gasteiger partial charge in [-0.2, -0.15) is 5.10 Å². The van der Waals surface area contributed by atoms with Crippen molar-refractivity contribution in [3.05, 3.63) is 83.7 Å². The Kier molecular flexibility index (Phi) is 8.58. The fourth-order valence-corrected chi connectivity index (χ4v) is 4.42. The predicted octanol–water partition coefficient (Wildman–Crippen LogP) is 6.68. The second-order valence-electron chi connectivity index (χ2n) is 6.39. The number of benzene rings is 3. The van der Waals surface area contributed by atoms with Gasteiger partial charge in [-0.3, -0.25) is 4.79 Å². The van der Waals surface area contributed by atoms with E-state index in [2.05, 4.69) is 58.3 Å². The lowest BCUT2D eigenvalue weighted by molar-refractivity contribution is 0.0955. The number of ether oxygens (including phenoxy) is 2. The molecule has 0 atom stereocenters. The molecule has 6 nitrogen and oxygen atoms in total. The van der Waals surface area contributed by atoms with Crippen molar-refractivity contribution < 1.29 is 19.4 Å². The summed E-state index contributed by atoms with van der Waals surface area (Å²) in [6.07, 6.45) is 1.48. The van der Waals surface area contributed by atoms with Gasteiger partial charge in [-0.15, -0.1) is 0 Å². The fourth-order valence-electron chi connectivity index (χ4n) is 2.61. The van der Waals surface area contributed by atoms with Crippen LogP contribution in [0.4, 0.5) is 0 Å². The van der Waals surface area contributed by atoms with E-state index < -0.39 is 5.91 Å². The summed E-state index contributed by atoms with van der Waals surface area (Å²) in [4.78, 5) is 12.3. The van der Waals surface area contributed by atoms with Gasteiger partial charge in [0.25, 0.3) is 5.91 Å². The van der Waals surface area contributed by atoms with Crippen LogP contribution in [-0.2, 0) is 6.61 Å². The topological polar surface area (TPSA) is 80.2 Å². The quantitative estimate of drug-likeness (QED) is 0.222. The molecule has 0 aliphatic heterocycles. The Morgan fingerprint density at radius 2 is 1.78 bits per heavy atom. The Hall–Kier alpha value is -2.07. The van der Waals surface area contributed by atoms with Crippen molar-refractivity contribution in [2.75, 3.05) is 7.11 Å². The maximum atomic E-state index is 12.3. The van der Waals surface area contributed by atoms with Gasteiger partial charge in [-0.05, 0) is 78.1 Å². The first kappa shape index (κ1) is 24.6. The number of rotatable bonds is 7. The zero-order chi connectivity index (χ0) is 23.3. The number of phenols is 1. The highest BCUT2D eigenvalue weighted by Crippen LogP contribution is 2.34. The summed E-state index contributed by atoms with van der Waals surface area (Å²) in [6.45, 7) is 0.281. The Balaban J connectivity index is 1.72. The van der Waals surface area contributed by atoms with Crippen LogP contribution in [0.3, 0.4) is 0 Å². The van der Waals surface area contributed by atoms with Gasteiger partial charge in [0.1, 0.15) is 12.4 Å². The number of hydrazone groups is 1. The normalized spacial score (nSPS) is 10.9. The lowest BCUT2D eigenvalue weighted by Gasteiger charge is -2.13. The Morgan fingerprint density at radius 1 is 1.09 bits per heavy atom. The number of carbonyl (C=O) groups is 1. The SMILES string of the molecule is COc1cc(C=NNC(=O)c2cc(Br)c(O)c(Br)c2)c(Br)cc1OCc1ccccc1Cl. The minimum Gasteiger partial charge on any atom is -0.506 e. The molecule has 0 aliphatic carbocycles. The molecule has 0 bridgehead atoms. The van der Waals surface area contributed by atoms with E-state index in [1.807, 2.05) is 18.2 Å². The number of hydrogen-bond donors (Lipinski definition) is 2. The molecule has 3 aromatic carbocycles. The molecule has 3 rings (SSSR count). The molecule has 0 unspecified atom stereocenters. The van der Waals surface area contributed by atoms with E-state index in [1.165, 1.54) is 25.5 Å². The van der Waals surface area contributed by atoms with Gasteiger partial charge in [-0.1, -0.05) is 29.8 Å². The molecule has 0 fully saturated rings. The van der Waals surface area contributed by atoms with Gasteiger partial charge >= 0.3 is 0 Å². The Labute approximate surface area is 215 Å². The number of hydrogen-bond acceptors (Lipinski definition) is 5. The van der Waals surface area contributed by atoms with Crippen molar-refractivity contribution in [2.45, 2.75) is 6.61 Å². The highest BCUT2D eigenvalue weighted by molar-refractivity contribution is 9.11. The summed E-state index contributed by atoms with van der Waals surface area (Å²) >= 11 is 16.1. The monoisotopic (exact) mass is 644 g/mol. The summed E-state index contributed by atoms with van der Waals surface area (Å²) in [5.41, 5.74) is 4.29. The van der Waals surface area contributed by atoms with E-state index in [0.29, 0.717) is 41.1 Å². The number of amides is 1. The lowest BCUT2D eigenvalue weighted by atomic mass is 10.2. The van der Waals surface area contributed by atoms with E-state index in [0.717, 1.165) is 5.56 Å². The molecule has 1 amide bonds. The van der Waals surface area contributed by atoms with Crippen LogP contribution < -0.4 is 14.9 Å². The molecule has 166 valence electrons. The van der Waals surface area contributed by atoms with Gasteiger partial charge in [0, 0.05) is 26.2 Å².